The molecule has 4 aliphatic heterocycles. The maximum atomic E-state index is 12.8. The minimum Gasteiger partial charge on any atom is -0.481 e. The molecular weight excluding hydrogens is 815 g/mol. The highest BCUT2D eigenvalue weighted by atomic mass is 16.5. The van der Waals surface area contributed by atoms with E-state index < -0.39 is 11.9 Å². The van der Waals surface area contributed by atoms with Crippen molar-refractivity contribution in [3.8, 4) is 0 Å². The summed E-state index contributed by atoms with van der Waals surface area (Å²) in [6.07, 6.45) is 18.6. The fourth-order valence-corrected chi connectivity index (χ4v) is 10.2. The molecule has 6 aliphatic rings. The lowest BCUT2D eigenvalue weighted by molar-refractivity contribution is -0.137. The van der Waals surface area contributed by atoms with E-state index in [2.05, 4.69) is 30.1 Å². The first kappa shape index (κ1) is 46.9. The molecule has 19 nitrogen and oxygen atoms in total. The van der Waals surface area contributed by atoms with Crippen molar-refractivity contribution in [2.45, 2.75) is 139 Å². The number of ether oxygens (including phenoxy) is 2. The number of nitrogens with one attached hydrogen (secondary N) is 1. The van der Waals surface area contributed by atoms with Gasteiger partial charge < -0.3 is 33.4 Å². The summed E-state index contributed by atoms with van der Waals surface area (Å²) in [7, 11) is 0. The monoisotopic (exact) mass is 884 g/mol. The lowest BCUT2D eigenvalue weighted by Gasteiger charge is -2.46. The molecule has 350 valence electrons. The van der Waals surface area contributed by atoms with Crippen LogP contribution in [0.4, 0.5) is 0 Å². The summed E-state index contributed by atoms with van der Waals surface area (Å²) in [6.45, 7) is 9.17. The predicted molar refractivity (Wildman–Crippen MR) is 226 cm³/mol. The van der Waals surface area contributed by atoms with Gasteiger partial charge in [-0.25, -0.2) is 5.48 Å². The number of hydrogen-bond donors (Lipinski definition) is 3. The summed E-state index contributed by atoms with van der Waals surface area (Å²) in [5.41, 5.74) is 1.69. The number of morpholine rings is 2. The fraction of sp³-hybridized carbons (Fsp3) is 0.818. The van der Waals surface area contributed by atoms with Crippen LogP contribution in [0.25, 0.3) is 0 Å². The van der Waals surface area contributed by atoms with E-state index in [9.17, 15) is 24.3 Å². The van der Waals surface area contributed by atoms with Gasteiger partial charge in [0.05, 0.1) is 32.8 Å². The molecule has 2 aromatic heterocycles. The van der Waals surface area contributed by atoms with Crippen molar-refractivity contribution in [1.29, 1.82) is 0 Å². The van der Waals surface area contributed by atoms with Crippen LogP contribution in [-0.4, -0.2) is 165 Å². The molecule has 6 heterocycles. The highest BCUT2D eigenvalue weighted by Gasteiger charge is 2.39. The van der Waals surface area contributed by atoms with Crippen molar-refractivity contribution >= 4 is 23.7 Å². The summed E-state index contributed by atoms with van der Waals surface area (Å²) in [4.78, 5) is 65.5. The van der Waals surface area contributed by atoms with Gasteiger partial charge in [0.1, 0.15) is 0 Å². The number of nitrogens with zero attached hydrogens (tertiary/aromatic N) is 8. The molecule has 3 amide bonds. The summed E-state index contributed by atoms with van der Waals surface area (Å²) >= 11 is 0. The van der Waals surface area contributed by atoms with Crippen molar-refractivity contribution in [2.75, 3.05) is 78.8 Å². The summed E-state index contributed by atoms with van der Waals surface area (Å²) in [5, 5.41) is 26.1. The van der Waals surface area contributed by atoms with Gasteiger partial charge in [-0.1, -0.05) is 100 Å². The molecule has 3 N–H and O–H groups in total. The van der Waals surface area contributed by atoms with E-state index in [4.69, 9.17) is 23.7 Å². The van der Waals surface area contributed by atoms with E-state index in [-0.39, 0.29) is 54.0 Å². The van der Waals surface area contributed by atoms with Gasteiger partial charge in [-0.05, 0) is 24.7 Å². The number of rotatable bonds is 18. The van der Waals surface area contributed by atoms with Crippen molar-refractivity contribution in [1.82, 2.24) is 45.4 Å². The standard InChI is InChI=1S/C22H35N5O5.C22H34N4O5/c28-19(24-30)13-17(8-4-7-16-5-2-1-3-6-16)21-23-20(25-32-21)22(29)27-14-18(15-27)26-9-11-31-12-10-26;27-19(28)13-17(8-4-7-16-5-2-1-3-6-16)21-23-20(24-31-21)22(29)26-14-18(15-26)25-9-11-30-12-10-25/h16-18,30H,1-15H2,(H,24,28);16-18H,1-15H2,(H,27,28)/t2*17-/m11/s1. The smallest absolute Gasteiger partial charge is 0.304 e. The molecule has 63 heavy (non-hydrogen) atoms. The highest BCUT2D eigenvalue weighted by Crippen LogP contribution is 2.33. The van der Waals surface area contributed by atoms with E-state index in [0.29, 0.717) is 57.0 Å². The minimum absolute atomic E-state index is 0.0399. The molecule has 8 rings (SSSR count). The number of aliphatic carboxylic acids is 1. The Balaban J connectivity index is 0.000000189. The van der Waals surface area contributed by atoms with Crippen LogP contribution in [0.5, 0.6) is 0 Å². The lowest BCUT2D eigenvalue weighted by Crippen LogP contribution is -2.62. The number of carboxylic acid groups (broad SMARTS) is 1. The lowest BCUT2D eigenvalue weighted by atomic mass is 9.84. The number of carboxylic acids is 1. The van der Waals surface area contributed by atoms with Crippen LogP contribution in [0.3, 0.4) is 0 Å². The number of carbonyl (C=O) groups excluding carboxylic acids is 3. The first-order valence-corrected chi connectivity index (χ1v) is 23.8. The minimum atomic E-state index is -0.884. The average molecular weight is 884 g/mol. The third-order valence-electron chi connectivity index (χ3n) is 14.1. The Labute approximate surface area is 369 Å². The van der Waals surface area contributed by atoms with E-state index in [1.807, 2.05) is 0 Å². The third-order valence-corrected chi connectivity index (χ3v) is 14.1. The zero-order valence-corrected chi connectivity index (χ0v) is 36.9. The van der Waals surface area contributed by atoms with Crippen molar-refractivity contribution in [2.24, 2.45) is 11.8 Å². The summed E-state index contributed by atoms with van der Waals surface area (Å²) in [5.74, 6) is -0.338. The van der Waals surface area contributed by atoms with Crippen molar-refractivity contribution in [3.05, 3.63) is 23.4 Å². The van der Waals surface area contributed by atoms with Crippen LogP contribution in [0.2, 0.25) is 0 Å². The molecule has 0 unspecified atom stereocenters. The van der Waals surface area contributed by atoms with E-state index >= 15 is 0 Å². The predicted octanol–water partition coefficient (Wildman–Crippen LogP) is 4.49. The number of hydroxylamine groups is 1. The third kappa shape index (κ3) is 13.5. The van der Waals surface area contributed by atoms with Gasteiger partial charge in [-0.3, -0.25) is 34.2 Å². The van der Waals surface area contributed by atoms with Gasteiger partial charge >= 0.3 is 5.97 Å². The van der Waals surface area contributed by atoms with Crippen LogP contribution in [0, 0.1) is 11.8 Å². The van der Waals surface area contributed by atoms with Crippen LogP contribution in [0.15, 0.2) is 9.05 Å². The number of hydrogen-bond acceptors (Lipinski definition) is 15. The largest absolute Gasteiger partial charge is 0.481 e. The second kappa shape index (κ2) is 23.8. The second-order valence-corrected chi connectivity index (χ2v) is 18.5. The zero-order valence-electron chi connectivity index (χ0n) is 36.9. The molecule has 6 fully saturated rings. The molecule has 0 spiro atoms. The Hall–Kier alpha value is -4.04. The van der Waals surface area contributed by atoms with Crippen molar-refractivity contribution in [3.63, 3.8) is 0 Å². The molecule has 4 saturated heterocycles. The number of amides is 3. The van der Waals surface area contributed by atoms with Gasteiger partial charge in [-0.15, -0.1) is 0 Å². The molecule has 2 atom stereocenters. The maximum Gasteiger partial charge on any atom is 0.304 e. The van der Waals surface area contributed by atoms with Crippen LogP contribution >= 0.6 is 0 Å². The average Bonchev–Trinajstić information content (AvgIpc) is 3.98. The maximum absolute atomic E-state index is 12.8. The normalized spacial score (nSPS) is 22.0. The Morgan fingerprint density at radius 3 is 1.43 bits per heavy atom. The molecule has 2 aromatic rings. The van der Waals surface area contributed by atoms with Crippen LogP contribution in [0.1, 0.15) is 160 Å². The second-order valence-electron chi connectivity index (χ2n) is 18.5. The Bertz CT molecular complexity index is 1740. The Kier molecular flexibility index (Phi) is 17.7. The first-order valence-electron chi connectivity index (χ1n) is 23.8. The van der Waals surface area contributed by atoms with Gasteiger partial charge in [-0.2, -0.15) is 9.97 Å². The Morgan fingerprint density at radius 1 is 0.619 bits per heavy atom. The molecule has 2 aliphatic carbocycles. The molecule has 0 aromatic carbocycles. The van der Waals surface area contributed by atoms with Gasteiger partial charge in [0.25, 0.3) is 23.5 Å². The molecule has 19 heteroatoms. The van der Waals surface area contributed by atoms with E-state index in [1.54, 1.807) is 15.3 Å². The van der Waals surface area contributed by atoms with E-state index in [0.717, 1.165) is 90.1 Å². The molecule has 0 bridgehead atoms. The van der Waals surface area contributed by atoms with Crippen LogP contribution in [-0.2, 0) is 19.1 Å². The fourth-order valence-electron chi connectivity index (χ4n) is 10.2. The first-order chi connectivity index (χ1) is 30.7. The summed E-state index contributed by atoms with van der Waals surface area (Å²) in [6, 6.07) is 0.716. The molecular formula is C44H69N9O10. The van der Waals surface area contributed by atoms with Gasteiger partial charge in [0.2, 0.25) is 17.7 Å². The van der Waals surface area contributed by atoms with Gasteiger partial charge in [0.15, 0.2) is 0 Å². The highest BCUT2D eigenvalue weighted by molar-refractivity contribution is 5.91. The SMILES string of the molecule is O=C(C[C@@H](CCCC1CCCCC1)c1nc(C(=O)N2CC(N3CCOCC3)C2)no1)NO.O=C(O)C[C@@H](CCCC1CCCCC1)c1nc(C(=O)N2CC(N3CCOCC3)C2)no1. The number of carbonyl (C=O) groups is 4. The number of likely N-dealkylation sites (tertiary alicyclic amines) is 2. The van der Waals surface area contributed by atoms with Gasteiger partial charge in [0, 0.05) is 82.7 Å². The van der Waals surface area contributed by atoms with E-state index in [1.165, 1.54) is 64.2 Å². The quantitative estimate of drug-likeness (QED) is 0.138. The zero-order chi connectivity index (χ0) is 44.0. The number of aromatic nitrogens is 4. The molecule has 0 radical (unpaired) electrons. The van der Waals surface area contributed by atoms with Crippen LogP contribution < -0.4 is 5.48 Å². The molecule has 2 saturated carbocycles. The topological polar surface area (TPSA) is 230 Å². The summed E-state index contributed by atoms with van der Waals surface area (Å²) < 4.78 is 21.5. The Morgan fingerprint density at radius 2 is 1.03 bits per heavy atom. The van der Waals surface area contributed by atoms with Crippen molar-refractivity contribution < 1.29 is 48.0 Å².